The molecule has 0 fully saturated rings. The minimum Gasteiger partial charge on any atom is -0.482 e. The Morgan fingerprint density at radius 2 is 1.76 bits per heavy atom. The van der Waals surface area contributed by atoms with Gasteiger partial charge in [0, 0.05) is 16.1 Å². The van der Waals surface area contributed by atoms with Crippen LogP contribution >= 0.6 is 11.6 Å². The van der Waals surface area contributed by atoms with Crippen molar-refractivity contribution < 1.29 is 4.74 Å². The molecule has 1 heterocycles. The van der Waals surface area contributed by atoms with Gasteiger partial charge < -0.3 is 4.74 Å². The molecule has 2 heteroatoms. The van der Waals surface area contributed by atoms with Crippen LogP contribution in [0.4, 0.5) is 0 Å². The third-order valence-corrected chi connectivity index (χ3v) is 3.41. The number of fused-ring (bicyclic) bond motifs is 3. The van der Waals surface area contributed by atoms with Crippen molar-refractivity contribution in [3.63, 3.8) is 0 Å². The standard InChI is InChI=1S/C15H13ClO/c1-15(2)13-8-7-10(16)9-12(13)11-5-3-4-6-14(11)17-15/h3-9H,1-2H3. The molecule has 2 aromatic rings. The van der Waals surface area contributed by atoms with Gasteiger partial charge in [-0.15, -0.1) is 0 Å². The highest BCUT2D eigenvalue weighted by Crippen LogP contribution is 2.45. The molecule has 3 rings (SSSR count). The zero-order chi connectivity index (χ0) is 12.0. The molecule has 0 bridgehead atoms. The van der Waals surface area contributed by atoms with Gasteiger partial charge in [0.25, 0.3) is 0 Å². The predicted molar refractivity (Wildman–Crippen MR) is 70.5 cm³/mol. The van der Waals surface area contributed by atoms with E-state index in [2.05, 4.69) is 19.9 Å². The van der Waals surface area contributed by atoms with E-state index in [1.807, 2.05) is 36.4 Å². The van der Waals surface area contributed by atoms with Crippen LogP contribution in [0.2, 0.25) is 5.02 Å². The zero-order valence-corrected chi connectivity index (χ0v) is 10.6. The first-order valence-electron chi connectivity index (χ1n) is 5.66. The Kier molecular flexibility index (Phi) is 2.20. The highest BCUT2D eigenvalue weighted by atomic mass is 35.5. The van der Waals surface area contributed by atoms with Gasteiger partial charge in [-0.1, -0.05) is 35.9 Å². The maximum atomic E-state index is 6.10. The Labute approximate surface area is 106 Å². The summed E-state index contributed by atoms with van der Waals surface area (Å²) in [5, 5.41) is 0.760. The molecular weight excluding hydrogens is 232 g/mol. The van der Waals surface area contributed by atoms with Gasteiger partial charge in [0.1, 0.15) is 11.4 Å². The van der Waals surface area contributed by atoms with Crippen molar-refractivity contribution in [2.75, 3.05) is 0 Å². The number of rotatable bonds is 0. The van der Waals surface area contributed by atoms with Crippen molar-refractivity contribution in [2.45, 2.75) is 19.4 Å². The van der Waals surface area contributed by atoms with Crippen LogP contribution in [0, 0.1) is 0 Å². The molecule has 0 radical (unpaired) electrons. The number of hydrogen-bond acceptors (Lipinski definition) is 1. The van der Waals surface area contributed by atoms with Crippen molar-refractivity contribution in [2.24, 2.45) is 0 Å². The highest BCUT2D eigenvalue weighted by Gasteiger charge is 2.32. The summed E-state index contributed by atoms with van der Waals surface area (Å²) in [6.45, 7) is 4.16. The fraction of sp³-hybridized carbons (Fsp3) is 0.200. The summed E-state index contributed by atoms with van der Waals surface area (Å²) in [5.74, 6) is 0.923. The van der Waals surface area contributed by atoms with Gasteiger partial charge in [-0.05, 0) is 37.6 Å². The average molecular weight is 245 g/mol. The van der Waals surface area contributed by atoms with Gasteiger partial charge in [-0.2, -0.15) is 0 Å². The second-order valence-corrected chi connectivity index (χ2v) is 5.23. The van der Waals surface area contributed by atoms with Crippen molar-refractivity contribution in [3.05, 3.63) is 53.1 Å². The van der Waals surface area contributed by atoms with Crippen LogP contribution in [0.3, 0.4) is 0 Å². The first-order chi connectivity index (χ1) is 8.08. The van der Waals surface area contributed by atoms with E-state index in [0.29, 0.717) is 0 Å². The summed E-state index contributed by atoms with van der Waals surface area (Å²) in [6, 6.07) is 14.1. The normalized spacial score (nSPS) is 15.7. The van der Waals surface area contributed by atoms with E-state index in [9.17, 15) is 0 Å². The van der Waals surface area contributed by atoms with Crippen LogP contribution in [-0.2, 0) is 5.60 Å². The molecule has 1 aliphatic heterocycles. The van der Waals surface area contributed by atoms with Crippen LogP contribution in [0.5, 0.6) is 5.75 Å². The largest absolute Gasteiger partial charge is 0.482 e. The topological polar surface area (TPSA) is 9.23 Å². The van der Waals surface area contributed by atoms with E-state index in [1.165, 1.54) is 11.1 Å². The molecule has 0 aromatic heterocycles. The Morgan fingerprint density at radius 1 is 1.00 bits per heavy atom. The van der Waals surface area contributed by atoms with Gasteiger partial charge in [-0.3, -0.25) is 0 Å². The third kappa shape index (κ3) is 1.62. The summed E-state index contributed by atoms with van der Waals surface area (Å²) in [5.41, 5.74) is 3.16. The van der Waals surface area contributed by atoms with Crippen LogP contribution < -0.4 is 4.74 Å². The summed E-state index contributed by atoms with van der Waals surface area (Å²) < 4.78 is 6.04. The predicted octanol–water partition coefficient (Wildman–Crippen LogP) is 4.63. The van der Waals surface area contributed by atoms with Crippen molar-refractivity contribution >= 4 is 11.6 Å². The number of halogens is 1. The maximum Gasteiger partial charge on any atom is 0.129 e. The first kappa shape index (κ1) is 10.7. The molecule has 0 saturated heterocycles. The Morgan fingerprint density at radius 3 is 2.59 bits per heavy atom. The molecule has 86 valence electrons. The lowest BCUT2D eigenvalue weighted by atomic mass is 9.86. The van der Waals surface area contributed by atoms with E-state index < -0.39 is 0 Å². The SMILES string of the molecule is CC1(C)Oc2ccccc2-c2cc(Cl)ccc21. The second-order valence-electron chi connectivity index (χ2n) is 4.80. The number of benzene rings is 2. The summed E-state index contributed by atoms with van der Waals surface area (Å²) in [4.78, 5) is 0. The van der Waals surface area contributed by atoms with Crippen molar-refractivity contribution in [1.82, 2.24) is 0 Å². The summed E-state index contributed by atoms with van der Waals surface area (Å²) in [7, 11) is 0. The summed E-state index contributed by atoms with van der Waals surface area (Å²) >= 11 is 6.10. The Bertz CT molecular complexity index is 587. The maximum absolute atomic E-state index is 6.10. The van der Waals surface area contributed by atoms with Gasteiger partial charge in [0.15, 0.2) is 0 Å². The number of hydrogen-bond donors (Lipinski definition) is 0. The molecule has 0 aliphatic carbocycles. The molecule has 0 atom stereocenters. The quantitative estimate of drug-likeness (QED) is 0.656. The van der Waals surface area contributed by atoms with Crippen LogP contribution in [0.1, 0.15) is 19.4 Å². The molecule has 1 aliphatic rings. The number of para-hydroxylation sites is 1. The minimum absolute atomic E-state index is 0.311. The second kappa shape index (κ2) is 3.51. The Balaban J connectivity index is 2.34. The average Bonchev–Trinajstić information content (AvgIpc) is 2.28. The van der Waals surface area contributed by atoms with E-state index >= 15 is 0 Å². The molecule has 1 nitrogen and oxygen atoms in total. The monoisotopic (exact) mass is 244 g/mol. The zero-order valence-electron chi connectivity index (χ0n) is 9.83. The molecule has 0 unspecified atom stereocenters. The van der Waals surface area contributed by atoms with Gasteiger partial charge in [0.05, 0.1) is 0 Å². The fourth-order valence-corrected chi connectivity index (χ4v) is 2.54. The molecule has 0 amide bonds. The van der Waals surface area contributed by atoms with E-state index in [-0.39, 0.29) is 5.60 Å². The van der Waals surface area contributed by atoms with Gasteiger partial charge >= 0.3 is 0 Å². The number of ether oxygens (including phenoxy) is 1. The van der Waals surface area contributed by atoms with E-state index in [4.69, 9.17) is 16.3 Å². The molecular formula is C15H13ClO. The minimum atomic E-state index is -0.311. The van der Waals surface area contributed by atoms with Crippen molar-refractivity contribution in [1.29, 1.82) is 0 Å². The third-order valence-electron chi connectivity index (χ3n) is 3.17. The smallest absolute Gasteiger partial charge is 0.129 e. The molecule has 0 spiro atoms. The van der Waals surface area contributed by atoms with Crippen LogP contribution in [-0.4, -0.2) is 0 Å². The van der Waals surface area contributed by atoms with Crippen LogP contribution in [0.15, 0.2) is 42.5 Å². The van der Waals surface area contributed by atoms with Crippen molar-refractivity contribution in [3.8, 4) is 16.9 Å². The molecule has 17 heavy (non-hydrogen) atoms. The molecule has 0 saturated carbocycles. The van der Waals surface area contributed by atoms with Gasteiger partial charge in [-0.25, -0.2) is 0 Å². The first-order valence-corrected chi connectivity index (χ1v) is 6.04. The lowest BCUT2D eigenvalue weighted by molar-refractivity contribution is 0.106. The Hall–Kier alpha value is -1.47. The van der Waals surface area contributed by atoms with Gasteiger partial charge in [0.2, 0.25) is 0 Å². The van der Waals surface area contributed by atoms with E-state index in [1.54, 1.807) is 0 Å². The van der Waals surface area contributed by atoms with Crippen LogP contribution in [0.25, 0.3) is 11.1 Å². The lowest BCUT2D eigenvalue weighted by Crippen LogP contribution is -2.29. The summed E-state index contributed by atoms with van der Waals surface area (Å²) in [6.07, 6.45) is 0. The fourth-order valence-electron chi connectivity index (χ4n) is 2.37. The lowest BCUT2D eigenvalue weighted by Gasteiger charge is -2.34. The van der Waals surface area contributed by atoms with E-state index in [0.717, 1.165) is 16.3 Å². The molecule has 2 aromatic carbocycles. The molecule has 0 N–H and O–H groups in total. The highest BCUT2D eigenvalue weighted by molar-refractivity contribution is 6.31.